The van der Waals surface area contributed by atoms with E-state index in [0.717, 1.165) is 12.1 Å². The van der Waals surface area contributed by atoms with Crippen LogP contribution in [0.15, 0.2) is 73.1 Å². The number of nitrogens with zero attached hydrogens (tertiary/aromatic N) is 3. The Balaban J connectivity index is 1.33. The summed E-state index contributed by atoms with van der Waals surface area (Å²) >= 11 is 0. The average molecular weight is 508 g/mol. The number of carboxylic acid groups (broad SMARTS) is 1. The number of alkyl halides is 3. The summed E-state index contributed by atoms with van der Waals surface area (Å²) in [6.07, 6.45) is -1.69. The van der Waals surface area contributed by atoms with Crippen LogP contribution in [0.2, 0.25) is 0 Å². The van der Waals surface area contributed by atoms with E-state index in [2.05, 4.69) is 19.9 Å². The Labute approximate surface area is 206 Å². The zero-order valence-electron chi connectivity index (χ0n) is 18.8. The second kappa shape index (κ2) is 9.34. The van der Waals surface area contributed by atoms with E-state index < -0.39 is 23.5 Å². The topological polar surface area (TPSA) is 101 Å². The lowest BCUT2D eigenvalue weighted by atomic mass is 10.1. The van der Waals surface area contributed by atoms with Gasteiger partial charge in [0.15, 0.2) is 0 Å². The summed E-state index contributed by atoms with van der Waals surface area (Å²) in [7, 11) is 0. The second-order valence-corrected chi connectivity index (χ2v) is 8.08. The number of ether oxygens (including phenoxy) is 1. The Morgan fingerprint density at radius 2 is 1.68 bits per heavy atom. The molecule has 0 aliphatic rings. The fourth-order valence-electron chi connectivity index (χ4n) is 3.67. The lowest BCUT2D eigenvalue weighted by Gasteiger charge is -2.07. The molecule has 0 radical (unpaired) electrons. The molecule has 2 heterocycles. The first-order valence-electron chi connectivity index (χ1n) is 10.8. The van der Waals surface area contributed by atoms with E-state index in [0.29, 0.717) is 22.4 Å². The molecule has 11 heteroatoms. The molecule has 0 bridgehead atoms. The smallest absolute Gasteiger partial charge is 0.416 e. The molecule has 3 aromatic carbocycles. The molecular formula is C26H16F4N4O3. The summed E-state index contributed by atoms with van der Waals surface area (Å²) < 4.78 is 59.4. The lowest BCUT2D eigenvalue weighted by Crippen LogP contribution is -2.04. The van der Waals surface area contributed by atoms with E-state index in [1.165, 1.54) is 30.6 Å². The van der Waals surface area contributed by atoms with Crippen molar-refractivity contribution in [2.24, 2.45) is 0 Å². The van der Waals surface area contributed by atoms with Crippen LogP contribution in [0.1, 0.15) is 11.1 Å². The van der Waals surface area contributed by atoms with Gasteiger partial charge in [0.1, 0.15) is 17.4 Å². The molecule has 186 valence electrons. The van der Waals surface area contributed by atoms with Gasteiger partial charge < -0.3 is 14.8 Å². The molecular weight excluding hydrogens is 492 g/mol. The summed E-state index contributed by atoms with van der Waals surface area (Å²) in [5.74, 6) is -1.04. The van der Waals surface area contributed by atoms with Crippen molar-refractivity contribution < 1.29 is 32.2 Å². The number of carbonyl (C=O) groups is 1. The van der Waals surface area contributed by atoms with Crippen LogP contribution in [0.4, 0.5) is 17.6 Å². The molecule has 5 rings (SSSR count). The minimum atomic E-state index is -4.50. The number of hydrogen-bond acceptors (Lipinski definition) is 5. The van der Waals surface area contributed by atoms with E-state index in [-0.39, 0.29) is 34.9 Å². The Kier molecular flexibility index (Phi) is 6.04. The number of rotatable bonds is 6. The molecule has 0 unspecified atom stereocenters. The SMILES string of the molecule is O=C(O)Cc1ccc(Oc2ncc(-c3ccc(-c4nc5ccc(C(F)(F)F)cc5[nH]4)c(F)c3)cn2)cc1. The van der Waals surface area contributed by atoms with Gasteiger partial charge >= 0.3 is 18.2 Å². The van der Waals surface area contributed by atoms with Crippen molar-refractivity contribution in [1.82, 2.24) is 19.9 Å². The standard InChI is InChI=1S/C26H16F4N4O3/c27-20-10-15(3-7-19(20)24-33-21-8-4-17(26(28,29)30)11-22(21)34-24)16-12-31-25(32-13-16)37-18-5-1-14(2-6-18)9-23(35)36/h1-8,10-13H,9H2,(H,33,34)(H,35,36). The first-order chi connectivity index (χ1) is 17.7. The highest BCUT2D eigenvalue weighted by Crippen LogP contribution is 2.33. The number of aromatic nitrogens is 4. The van der Waals surface area contributed by atoms with Crippen molar-refractivity contribution in [3.8, 4) is 34.3 Å². The van der Waals surface area contributed by atoms with E-state index in [4.69, 9.17) is 9.84 Å². The van der Waals surface area contributed by atoms with Crippen LogP contribution < -0.4 is 4.74 Å². The number of H-pyrrole nitrogens is 1. The van der Waals surface area contributed by atoms with Crippen LogP contribution in [0.5, 0.6) is 11.8 Å². The van der Waals surface area contributed by atoms with Gasteiger partial charge in [-0.2, -0.15) is 13.2 Å². The van der Waals surface area contributed by atoms with Gasteiger partial charge in [-0.15, -0.1) is 0 Å². The third kappa shape index (κ3) is 5.25. The number of aliphatic carboxylic acids is 1. The summed E-state index contributed by atoms with van der Waals surface area (Å²) in [5, 5.41) is 8.83. The van der Waals surface area contributed by atoms with Gasteiger partial charge in [-0.3, -0.25) is 4.79 Å². The van der Waals surface area contributed by atoms with Crippen LogP contribution in [-0.2, 0) is 17.4 Å². The number of hydrogen-bond donors (Lipinski definition) is 2. The van der Waals surface area contributed by atoms with Crippen LogP contribution in [0, 0.1) is 5.82 Å². The van der Waals surface area contributed by atoms with Gasteiger partial charge in [0.2, 0.25) is 0 Å². The van der Waals surface area contributed by atoms with Gasteiger partial charge in [0.05, 0.1) is 28.6 Å². The number of halogens is 4. The molecule has 7 nitrogen and oxygen atoms in total. The maximum atomic E-state index is 15.0. The number of imidazole rings is 1. The van der Waals surface area contributed by atoms with Crippen molar-refractivity contribution in [2.75, 3.05) is 0 Å². The zero-order chi connectivity index (χ0) is 26.2. The monoisotopic (exact) mass is 508 g/mol. The fourth-order valence-corrected chi connectivity index (χ4v) is 3.67. The van der Waals surface area contributed by atoms with Crippen molar-refractivity contribution in [2.45, 2.75) is 12.6 Å². The predicted octanol–water partition coefficient (Wildman–Crippen LogP) is 6.26. The van der Waals surface area contributed by atoms with Crippen LogP contribution in [0.25, 0.3) is 33.5 Å². The van der Waals surface area contributed by atoms with Crippen LogP contribution in [0.3, 0.4) is 0 Å². The van der Waals surface area contributed by atoms with E-state index in [1.807, 2.05) is 0 Å². The minimum Gasteiger partial charge on any atom is -0.481 e. The predicted molar refractivity (Wildman–Crippen MR) is 125 cm³/mol. The van der Waals surface area contributed by atoms with E-state index in [1.54, 1.807) is 30.3 Å². The maximum absolute atomic E-state index is 15.0. The van der Waals surface area contributed by atoms with Gasteiger partial charge in [0.25, 0.3) is 0 Å². The van der Waals surface area contributed by atoms with Crippen LogP contribution >= 0.6 is 0 Å². The number of benzene rings is 3. The Hall–Kier alpha value is -4.80. The van der Waals surface area contributed by atoms with E-state index in [9.17, 15) is 22.4 Å². The molecule has 0 spiro atoms. The highest BCUT2D eigenvalue weighted by atomic mass is 19.4. The Morgan fingerprint density at radius 1 is 0.946 bits per heavy atom. The molecule has 2 aromatic heterocycles. The highest BCUT2D eigenvalue weighted by Gasteiger charge is 2.30. The third-order valence-corrected chi connectivity index (χ3v) is 5.48. The van der Waals surface area contributed by atoms with Crippen molar-refractivity contribution in [1.29, 1.82) is 0 Å². The van der Waals surface area contributed by atoms with Gasteiger partial charge in [-0.05, 0) is 53.6 Å². The highest BCUT2D eigenvalue weighted by molar-refractivity contribution is 5.81. The molecule has 0 atom stereocenters. The number of aromatic amines is 1. The van der Waals surface area contributed by atoms with Crippen molar-refractivity contribution in [3.05, 3.63) is 90.0 Å². The summed E-state index contributed by atoms with van der Waals surface area (Å²) in [4.78, 5) is 26.0. The first kappa shape index (κ1) is 23.9. The van der Waals surface area contributed by atoms with Crippen molar-refractivity contribution in [3.63, 3.8) is 0 Å². The minimum absolute atomic E-state index is 0.0485. The summed E-state index contributed by atoms with van der Waals surface area (Å²) in [6.45, 7) is 0. The fraction of sp³-hybridized carbons (Fsp3) is 0.0769. The first-order valence-corrected chi connectivity index (χ1v) is 10.8. The quantitative estimate of drug-likeness (QED) is 0.263. The second-order valence-electron chi connectivity index (χ2n) is 8.08. The molecule has 0 aliphatic heterocycles. The maximum Gasteiger partial charge on any atom is 0.416 e. The third-order valence-electron chi connectivity index (χ3n) is 5.48. The molecule has 5 aromatic rings. The van der Waals surface area contributed by atoms with Gasteiger partial charge in [-0.1, -0.05) is 18.2 Å². The lowest BCUT2D eigenvalue weighted by molar-refractivity contribution is -0.138. The number of nitrogens with one attached hydrogen (secondary N) is 1. The van der Waals surface area contributed by atoms with E-state index >= 15 is 0 Å². The molecule has 2 N–H and O–H groups in total. The Bertz CT molecular complexity index is 1600. The normalized spacial score (nSPS) is 11.6. The molecule has 0 amide bonds. The number of carboxylic acids is 1. The summed E-state index contributed by atoms with van der Waals surface area (Å²) in [5.41, 5.74) is 1.31. The molecule has 0 saturated carbocycles. The molecule has 0 saturated heterocycles. The molecule has 0 aliphatic carbocycles. The Morgan fingerprint density at radius 3 is 2.32 bits per heavy atom. The molecule has 37 heavy (non-hydrogen) atoms. The average Bonchev–Trinajstić information content (AvgIpc) is 3.28. The summed E-state index contributed by atoms with van der Waals surface area (Å²) in [6, 6.07) is 13.9. The zero-order valence-corrected chi connectivity index (χ0v) is 18.8. The number of fused-ring (bicyclic) bond motifs is 1. The van der Waals surface area contributed by atoms with Crippen molar-refractivity contribution >= 4 is 17.0 Å². The van der Waals surface area contributed by atoms with Gasteiger partial charge in [0, 0.05) is 18.0 Å². The molecule has 0 fully saturated rings. The largest absolute Gasteiger partial charge is 0.481 e. The van der Waals surface area contributed by atoms with Crippen LogP contribution in [-0.4, -0.2) is 31.0 Å². The van der Waals surface area contributed by atoms with Gasteiger partial charge in [-0.25, -0.2) is 19.3 Å².